The van der Waals surface area contributed by atoms with Crippen LogP contribution < -0.4 is 5.32 Å². The van der Waals surface area contributed by atoms with Crippen LogP contribution in [0.5, 0.6) is 0 Å². The molecule has 3 aromatic rings. The average molecular weight is 421 g/mol. The largest absolute Gasteiger partial charge is 0.365 e. The van der Waals surface area contributed by atoms with E-state index in [-0.39, 0.29) is 11.9 Å². The fourth-order valence-corrected chi connectivity index (χ4v) is 5.12. The number of carbonyl (C=O) groups excluding carboxylic acids is 1. The van der Waals surface area contributed by atoms with Gasteiger partial charge in [-0.3, -0.25) is 9.78 Å². The van der Waals surface area contributed by atoms with Gasteiger partial charge in [-0.1, -0.05) is 41.2 Å². The number of aryl methyl sites for hydroxylation is 3. The lowest BCUT2D eigenvalue weighted by molar-refractivity contribution is 0.0736. The number of hydrogen-bond acceptors (Lipinski definition) is 5. The Labute approximate surface area is 182 Å². The normalized spacial score (nSPS) is 16.1. The van der Waals surface area contributed by atoms with E-state index < -0.39 is 0 Å². The number of likely N-dealkylation sites (tertiary alicyclic amines) is 1. The zero-order valence-electron chi connectivity index (χ0n) is 18.0. The number of rotatable bonds is 5. The third kappa shape index (κ3) is 4.24. The lowest BCUT2D eigenvalue weighted by atomic mass is 10.0. The number of thiazole rings is 1. The molecule has 0 aliphatic carbocycles. The summed E-state index contributed by atoms with van der Waals surface area (Å²) in [4.78, 5) is 25.3. The van der Waals surface area contributed by atoms with Crippen LogP contribution in [-0.2, 0) is 6.42 Å². The van der Waals surface area contributed by atoms with Crippen LogP contribution in [0.4, 0.5) is 5.13 Å². The first-order valence-electron chi connectivity index (χ1n) is 10.4. The molecule has 1 fully saturated rings. The molecule has 2 aromatic heterocycles. The van der Waals surface area contributed by atoms with Gasteiger partial charge >= 0.3 is 0 Å². The van der Waals surface area contributed by atoms with Gasteiger partial charge in [-0.25, -0.2) is 4.98 Å². The fourth-order valence-electron chi connectivity index (χ4n) is 4.25. The molecule has 0 bridgehead atoms. The van der Waals surface area contributed by atoms with E-state index in [0.29, 0.717) is 0 Å². The van der Waals surface area contributed by atoms with Crippen molar-refractivity contribution in [3.63, 3.8) is 0 Å². The molecule has 1 amide bonds. The molecule has 1 aliphatic heterocycles. The molecule has 6 heteroatoms. The van der Waals surface area contributed by atoms with Gasteiger partial charge in [0.1, 0.15) is 4.88 Å². The number of anilines is 1. The van der Waals surface area contributed by atoms with Crippen LogP contribution in [0.1, 0.15) is 62.3 Å². The number of aromatic nitrogens is 2. The lowest BCUT2D eigenvalue weighted by Gasteiger charge is -2.24. The molecule has 1 aromatic carbocycles. The molecule has 4 rings (SSSR count). The minimum atomic E-state index is 0.0215. The van der Waals surface area contributed by atoms with Crippen LogP contribution in [0.2, 0.25) is 0 Å². The second-order valence-corrected chi connectivity index (χ2v) is 9.05. The summed E-state index contributed by atoms with van der Waals surface area (Å²) in [5, 5.41) is 3.82. The summed E-state index contributed by atoms with van der Waals surface area (Å²) in [7, 11) is 1.83. The number of nitrogens with zero attached hydrogens (tertiary/aromatic N) is 3. The predicted molar refractivity (Wildman–Crippen MR) is 122 cm³/mol. The van der Waals surface area contributed by atoms with Gasteiger partial charge in [0.2, 0.25) is 0 Å². The molecule has 1 atom stereocenters. The summed E-state index contributed by atoms with van der Waals surface area (Å²) in [5.74, 6) is 0.0672. The SMILES string of the molecule is CNc1nc(C)c(C(=O)N2CCC[C@@H]2c2cc(Cc3cccc(C)c3)cc(C)n2)s1. The first kappa shape index (κ1) is 20.5. The van der Waals surface area contributed by atoms with E-state index in [2.05, 4.69) is 53.6 Å². The summed E-state index contributed by atoms with van der Waals surface area (Å²) >= 11 is 1.43. The highest BCUT2D eigenvalue weighted by atomic mass is 32.1. The minimum absolute atomic E-state index is 0.0215. The van der Waals surface area contributed by atoms with Crippen LogP contribution in [0, 0.1) is 20.8 Å². The third-order valence-corrected chi connectivity index (χ3v) is 6.75. The number of carbonyl (C=O) groups is 1. The van der Waals surface area contributed by atoms with Crippen LogP contribution in [0.3, 0.4) is 0 Å². The standard InChI is InChI=1S/C24H28N4OS/c1-15-7-5-8-18(11-15)13-19-12-16(2)26-20(14-19)21-9-6-10-28(21)23(29)22-17(3)27-24(25-4)30-22/h5,7-8,11-12,14,21H,6,9-10,13H2,1-4H3,(H,25,27)/t21-/m1/s1. The van der Waals surface area contributed by atoms with Crippen molar-refractivity contribution in [1.82, 2.24) is 14.9 Å². The second-order valence-electron chi connectivity index (χ2n) is 8.05. The van der Waals surface area contributed by atoms with E-state index in [9.17, 15) is 4.79 Å². The van der Waals surface area contributed by atoms with Gasteiger partial charge < -0.3 is 10.2 Å². The van der Waals surface area contributed by atoms with Gasteiger partial charge in [-0.2, -0.15) is 0 Å². The van der Waals surface area contributed by atoms with E-state index in [1.165, 1.54) is 28.0 Å². The van der Waals surface area contributed by atoms with Crippen LogP contribution in [0.15, 0.2) is 36.4 Å². The Hall–Kier alpha value is -2.73. The number of pyridine rings is 1. The quantitative estimate of drug-likeness (QED) is 0.626. The van der Waals surface area contributed by atoms with E-state index in [1.54, 1.807) is 0 Å². The summed E-state index contributed by atoms with van der Waals surface area (Å²) in [6.07, 6.45) is 2.82. The maximum atomic E-state index is 13.3. The topological polar surface area (TPSA) is 58.1 Å². The van der Waals surface area contributed by atoms with Crippen LogP contribution in [0.25, 0.3) is 0 Å². The highest BCUT2D eigenvalue weighted by Crippen LogP contribution is 2.35. The fraction of sp³-hybridized carbons (Fsp3) is 0.375. The molecular weight excluding hydrogens is 392 g/mol. The van der Waals surface area contributed by atoms with Crippen molar-refractivity contribution < 1.29 is 4.79 Å². The van der Waals surface area contributed by atoms with Crippen molar-refractivity contribution in [2.24, 2.45) is 0 Å². The van der Waals surface area contributed by atoms with Crippen molar-refractivity contribution in [1.29, 1.82) is 0 Å². The van der Waals surface area contributed by atoms with Gasteiger partial charge in [0.15, 0.2) is 5.13 Å². The Bertz CT molecular complexity index is 1070. The highest BCUT2D eigenvalue weighted by Gasteiger charge is 2.33. The summed E-state index contributed by atoms with van der Waals surface area (Å²) < 4.78 is 0. The van der Waals surface area contributed by atoms with Crippen molar-refractivity contribution >= 4 is 22.4 Å². The Morgan fingerprint density at radius 2 is 2.00 bits per heavy atom. The molecule has 1 N–H and O–H groups in total. The van der Waals surface area contributed by atoms with Crippen LogP contribution in [-0.4, -0.2) is 34.4 Å². The summed E-state index contributed by atoms with van der Waals surface area (Å²) in [6.45, 7) is 6.83. The molecule has 30 heavy (non-hydrogen) atoms. The first-order valence-corrected chi connectivity index (χ1v) is 11.3. The van der Waals surface area contributed by atoms with Crippen molar-refractivity contribution in [3.8, 4) is 0 Å². The Kier molecular flexibility index (Phi) is 5.86. The maximum absolute atomic E-state index is 13.3. The van der Waals surface area contributed by atoms with Gasteiger partial charge in [0.25, 0.3) is 5.91 Å². The molecule has 1 saturated heterocycles. The molecule has 0 spiro atoms. The zero-order valence-corrected chi connectivity index (χ0v) is 18.8. The molecule has 156 valence electrons. The Balaban J connectivity index is 1.61. The Morgan fingerprint density at radius 1 is 1.17 bits per heavy atom. The lowest BCUT2D eigenvalue weighted by Crippen LogP contribution is -2.31. The average Bonchev–Trinajstić information content (AvgIpc) is 3.34. The second kappa shape index (κ2) is 8.56. The molecule has 3 heterocycles. The number of hydrogen-bond donors (Lipinski definition) is 1. The van der Waals surface area contributed by atoms with E-state index in [1.807, 2.05) is 25.8 Å². The molecule has 1 aliphatic rings. The summed E-state index contributed by atoms with van der Waals surface area (Å²) in [5.41, 5.74) is 6.60. The van der Waals surface area contributed by atoms with Gasteiger partial charge in [-0.15, -0.1) is 0 Å². The molecular formula is C24H28N4OS. The highest BCUT2D eigenvalue weighted by molar-refractivity contribution is 7.17. The summed E-state index contributed by atoms with van der Waals surface area (Å²) in [6, 6.07) is 13.0. The smallest absolute Gasteiger partial charge is 0.266 e. The van der Waals surface area contributed by atoms with E-state index >= 15 is 0 Å². The van der Waals surface area contributed by atoms with Gasteiger partial charge in [0.05, 0.1) is 17.4 Å². The van der Waals surface area contributed by atoms with Crippen molar-refractivity contribution in [3.05, 3.63) is 75.0 Å². The number of nitrogens with one attached hydrogen (secondary N) is 1. The number of amides is 1. The molecule has 0 unspecified atom stereocenters. The number of benzene rings is 1. The third-order valence-electron chi connectivity index (χ3n) is 5.58. The monoisotopic (exact) mass is 420 g/mol. The maximum Gasteiger partial charge on any atom is 0.266 e. The molecule has 0 radical (unpaired) electrons. The van der Waals surface area contributed by atoms with E-state index in [4.69, 9.17) is 4.98 Å². The molecule has 0 saturated carbocycles. The van der Waals surface area contributed by atoms with Crippen molar-refractivity contribution in [2.75, 3.05) is 18.9 Å². The van der Waals surface area contributed by atoms with E-state index in [0.717, 1.165) is 52.9 Å². The first-order chi connectivity index (χ1) is 14.4. The molecule has 5 nitrogen and oxygen atoms in total. The van der Waals surface area contributed by atoms with Gasteiger partial charge in [0, 0.05) is 19.3 Å². The minimum Gasteiger partial charge on any atom is -0.365 e. The van der Waals surface area contributed by atoms with Crippen LogP contribution >= 0.6 is 11.3 Å². The van der Waals surface area contributed by atoms with Crippen molar-refractivity contribution in [2.45, 2.75) is 46.1 Å². The van der Waals surface area contributed by atoms with Gasteiger partial charge in [-0.05, 0) is 63.3 Å². The Morgan fingerprint density at radius 3 is 2.73 bits per heavy atom. The predicted octanol–water partition coefficient (Wildman–Crippen LogP) is 5.07. The zero-order chi connectivity index (χ0) is 21.3.